The van der Waals surface area contributed by atoms with E-state index in [-0.39, 0.29) is 5.75 Å². The lowest BCUT2D eigenvalue weighted by Gasteiger charge is -2.09. The van der Waals surface area contributed by atoms with Crippen LogP contribution in [-0.2, 0) is 0 Å². The van der Waals surface area contributed by atoms with Crippen LogP contribution in [0.25, 0.3) is 22.3 Å². The van der Waals surface area contributed by atoms with E-state index in [9.17, 15) is 13.2 Å². The molecule has 1 nitrogen and oxygen atoms in total. The Morgan fingerprint density at radius 1 is 0.522 bits per heavy atom. The van der Waals surface area contributed by atoms with Crippen molar-refractivity contribution in [3.05, 3.63) is 78.9 Å². The highest BCUT2D eigenvalue weighted by Gasteiger charge is 2.30. The summed E-state index contributed by atoms with van der Waals surface area (Å²) in [6.07, 6.45) is -4.67. The fraction of sp³-hybridized carbons (Fsp3) is 0.0526. The highest BCUT2D eigenvalue weighted by molar-refractivity contribution is 5.70. The first-order valence-corrected chi connectivity index (χ1v) is 7.03. The van der Waals surface area contributed by atoms with Gasteiger partial charge in [0, 0.05) is 0 Å². The Hall–Kier alpha value is -2.75. The van der Waals surface area contributed by atoms with Crippen molar-refractivity contribution in [1.29, 1.82) is 0 Å². The normalized spacial score (nSPS) is 11.3. The van der Waals surface area contributed by atoms with Crippen molar-refractivity contribution in [2.24, 2.45) is 0 Å². The third kappa shape index (κ3) is 3.92. The zero-order valence-electron chi connectivity index (χ0n) is 12.0. The molecule has 0 aromatic heterocycles. The minimum Gasteiger partial charge on any atom is -0.406 e. The molecule has 116 valence electrons. The average Bonchev–Trinajstić information content (AvgIpc) is 2.55. The highest BCUT2D eigenvalue weighted by atomic mass is 19.4. The molecule has 0 saturated heterocycles. The molecule has 0 fully saturated rings. The summed E-state index contributed by atoms with van der Waals surface area (Å²) in [7, 11) is 0. The minimum atomic E-state index is -4.67. The van der Waals surface area contributed by atoms with Crippen molar-refractivity contribution in [1.82, 2.24) is 0 Å². The summed E-state index contributed by atoms with van der Waals surface area (Å²) >= 11 is 0. The van der Waals surface area contributed by atoms with Gasteiger partial charge in [-0.1, -0.05) is 66.7 Å². The van der Waals surface area contributed by atoms with Gasteiger partial charge in [0.25, 0.3) is 0 Å². The maximum Gasteiger partial charge on any atom is 0.573 e. The van der Waals surface area contributed by atoms with Crippen LogP contribution in [0.5, 0.6) is 5.75 Å². The van der Waals surface area contributed by atoms with Crippen molar-refractivity contribution in [2.75, 3.05) is 0 Å². The van der Waals surface area contributed by atoms with E-state index in [2.05, 4.69) is 4.74 Å². The standard InChI is InChI=1S/C19H13F3O/c20-19(21,22)23-18-12-10-17(11-13-18)16-8-6-15(7-9-16)14-4-2-1-3-5-14/h1-13H. The third-order valence-electron chi connectivity index (χ3n) is 3.41. The van der Waals surface area contributed by atoms with Crippen LogP contribution in [0.15, 0.2) is 78.9 Å². The van der Waals surface area contributed by atoms with Gasteiger partial charge in [-0.2, -0.15) is 0 Å². The number of benzene rings is 3. The zero-order chi connectivity index (χ0) is 16.3. The molecule has 3 rings (SSSR count). The summed E-state index contributed by atoms with van der Waals surface area (Å²) in [6.45, 7) is 0. The molecule has 0 atom stereocenters. The van der Waals surface area contributed by atoms with Crippen molar-refractivity contribution in [3.8, 4) is 28.0 Å². The lowest BCUT2D eigenvalue weighted by Crippen LogP contribution is -2.16. The average molecular weight is 314 g/mol. The van der Waals surface area contributed by atoms with E-state index in [4.69, 9.17) is 0 Å². The van der Waals surface area contributed by atoms with E-state index in [0.29, 0.717) is 0 Å². The van der Waals surface area contributed by atoms with Crippen molar-refractivity contribution in [2.45, 2.75) is 6.36 Å². The van der Waals surface area contributed by atoms with Gasteiger partial charge in [0.2, 0.25) is 0 Å². The fourth-order valence-corrected chi connectivity index (χ4v) is 2.33. The van der Waals surface area contributed by atoms with Gasteiger partial charge in [0.05, 0.1) is 0 Å². The van der Waals surface area contributed by atoms with Crippen molar-refractivity contribution in [3.63, 3.8) is 0 Å². The van der Waals surface area contributed by atoms with Gasteiger partial charge >= 0.3 is 6.36 Å². The molecule has 0 unspecified atom stereocenters. The van der Waals surface area contributed by atoms with Gasteiger partial charge < -0.3 is 4.74 Å². The number of hydrogen-bond donors (Lipinski definition) is 0. The summed E-state index contributed by atoms with van der Waals surface area (Å²) in [5.74, 6) is -0.220. The highest BCUT2D eigenvalue weighted by Crippen LogP contribution is 2.28. The van der Waals surface area contributed by atoms with E-state index in [1.165, 1.54) is 12.1 Å². The number of halogens is 3. The van der Waals surface area contributed by atoms with Crippen LogP contribution in [0.4, 0.5) is 13.2 Å². The Balaban J connectivity index is 1.80. The van der Waals surface area contributed by atoms with E-state index in [0.717, 1.165) is 22.3 Å². The van der Waals surface area contributed by atoms with Crippen LogP contribution in [0, 0.1) is 0 Å². The summed E-state index contributed by atoms with van der Waals surface area (Å²) in [6, 6.07) is 23.7. The molecule has 0 heterocycles. The predicted octanol–water partition coefficient (Wildman–Crippen LogP) is 5.92. The third-order valence-corrected chi connectivity index (χ3v) is 3.41. The molecule has 0 aliphatic carbocycles. The summed E-state index contributed by atoms with van der Waals surface area (Å²) in [4.78, 5) is 0. The van der Waals surface area contributed by atoms with Gasteiger partial charge in [0.15, 0.2) is 0 Å². The SMILES string of the molecule is FC(F)(F)Oc1ccc(-c2ccc(-c3ccccc3)cc2)cc1. The van der Waals surface area contributed by atoms with Gasteiger partial charge in [-0.3, -0.25) is 0 Å². The number of hydrogen-bond acceptors (Lipinski definition) is 1. The Morgan fingerprint density at radius 3 is 1.35 bits per heavy atom. The summed E-state index contributed by atoms with van der Waals surface area (Å²) in [5.41, 5.74) is 3.97. The van der Waals surface area contributed by atoms with Gasteiger partial charge in [-0.25, -0.2) is 0 Å². The van der Waals surface area contributed by atoms with E-state index in [1.54, 1.807) is 12.1 Å². The maximum absolute atomic E-state index is 12.1. The Morgan fingerprint density at radius 2 is 0.913 bits per heavy atom. The number of rotatable bonds is 3. The molecule has 23 heavy (non-hydrogen) atoms. The minimum absolute atomic E-state index is 0.220. The van der Waals surface area contributed by atoms with Crippen LogP contribution in [-0.4, -0.2) is 6.36 Å². The second-order valence-corrected chi connectivity index (χ2v) is 5.02. The second-order valence-electron chi connectivity index (χ2n) is 5.02. The topological polar surface area (TPSA) is 9.23 Å². The van der Waals surface area contributed by atoms with Crippen LogP contribution >= 0.6 is 0 Å². The fourth-order valence-electron chi connectivity index (χ4n) is 2.33. The first kappa shape index (κ1) is 15.2. The Kier molecular flexibility index (Phi) is 4.06. The number of alkyl halides is 3. The maximum atomic E-state index is 12.1. The van der Waals surface area contributed by atoms with Crippen LogP contribution in [0.1, 0.15) is 0 Å². The lowest BCUT2D eigenvalue weighted by molar-refractivity contribution is -0.274. The molecule has 0 bridgehead atoms. The Bertz CT molecular complexity index is 760. The molecule has 3 aromatic rings. The largest absolute Gasteiger partial charge is 0.573 e. The molecular formula is C19H13F3O. The lowest BCUT2D eigenvalue weighted by atomic mass is 10.0. The van der Waals surface area contributed by atoms with E-state index in [1.807, 2.05) is 54.6 Å². The van der Waals surface area contributed by atoms with E-state index >= 15 is 0 Å². The van der Waals surface area contributed by atoms with Gasteiger partial charge in [-0.05, 0) is 34.4 Å². The first-order valence-electron chi connectivity index (χ1n) is 7.03. The van der Waals surface area contributed by atoms with Crippen LogP contribution in [0.3, 0.4) is 0 Å². The Labute approximate surface area is 132 Å². The van der Waals surface area contributed by atoms with Gasteiger partial charge in [0.1, 0.15) is 5.75 Å². The van der Waals surface area contributed by atoms with Crippen LogP contribution < -0.4 is 4.74 Å². The van der Waals surface area contributed by atoms with Crippen molar-refractivity contribution >= 4 is 0 Å². The van der Waals surface area contributed by atoms with Gasteiger partial charge in [-0.15, -0.1) is 13.2 Å². The molecule has 0 aliphatic rings. The zero-order valence-corrected chi connectivity index (χ0v) is 12.0. The summed E-state index contributed by atoms with van der Waals surface area (Å²) in [5, 5.41) is 0. The molecule has 3 aromatic carbocycles. The molecule has 0 spiro atoms. The second kappa shape index (κ2) is 6.16. The molecule has 0 radical (unpaired) electrons. The van der Waals surface area contributed by atoms with Crippen LogP contribution in [0.2, 0.25) is 0 Å². The smallest absolute Gasteiger partial charge is 0.406 e. The summed E-state index contributed by atoms with van der Waals surface area (Å²) < 4.78 is 40.3. The molecular weight excluding hydrogens is 301 g/mol. The monoisotopic (exact) mass is 314 g/mol. The quantitative estimate of drug-likeness (QED) is 0.583. The molecule has 0 saturated carbocycles. The molecule has 0 aliphatic heterocycles. The first-order chi connectivity index (χ1) is 11.0. The molecule has 0 N–H and O–H groups in total. The molecule has 4 heteroatoms. The van der Waals surface area contributed by atoms with E-state index < -0.39 is 6.36 Å². The predicted molar refractivity (Wildman–Crippen MR) is 84.0 cm³/mol. The molecule has 0 amide bonds. The number of ether oxygens (including phenoxy) is 1. The van der Waals surface area contributed by atoms with Crippen molar-refractivity contribution < 1.29 is 17.9 Å².